The topological polar surface area (TPSA) is 0 Å². The van der Waals surface area contributed by atoms with Gasteiger partial charge in [-0.2, -0.15) is 21.9 Å². The molecule has 30 heavy (non-hydrogen) atoms. The molecule has 0 spiro atoms. The van der Waals surface area contributed by atoms with E-state index in [0.717, 1.165) is 0 Å². The van der Waals surface area contributed by atoms with Gasteiger partial charge in [-0.15, -0.1) is 0 Å². The molecular formula is C28H28BCs. The molecule has 0 N–H and O–H groups in total. The Balaban J connectivity index is 0.00000256. The first-order chi connectivity index (χ1) is 14.1. The van der Waals surface area contributed by atoms with Crippen LogP contribution in [0.2, 0.25) is 0 Å². The number of aryl methyl sites for hydroxylation is 4. The summed E-state index contributed by atoms with van der Waals surface area (Å²) in [6.07, 6.45) is -1.32. The van der Waals surface area contributed by atoms with Crippen molar-refractivity contribution in [2.75, 3.05) is 0 Å². The van der Waals surface area contributed by atoms with Crippen molar-refractivity contribution in [3.63, 3.8) is 0 Å². The monoisotopic (exact) mass is 508 g/mol. The summed E-state index contributed by atoms with van der Waals surface area (Å²) >= 11 is 0. The van der Waals surface area contributed by atoms with Crippen molar-refractivity contribution in [2.45, 2.75) is 27.7 Å². The fourth-order valence-electron chi connectivity index (χ4n) is 5.30. The van der Waals surface area contributed by atoms with Gasteiger partial charge in [0.15, 0.2) is 0 Å². The summed E-state index contributed by atoms with van der Waals surface area (Å²) < 4.78 is 0. The molecule has 0 atom stereocenters. The predicted molar refractivity (Wildman–Crippen MR) is 129 cm³/mol. The van der Waals surface area contributed by atoms with Gasteiger partial charge in [0.05, 0.1) is 0 Å². The van der Waals surface area contributed by atoms with Crippen molar-refractivity contribution in [3.05, 3.63) is 119 Å². The minimum Gasteiger partial charge on any atom is -0.192 e. The van der Waals surface area contributed by atoms with Crippen LogP contribution in [-0.2, 0) is 0 Å². The van der Waals surface area contributed by atoms with Gasteiger partial charge >= 0.3 is 68.9 Å². The van der Waals surface area contributed by atoms with Crippen molar-refractivity contribution < 1.29 is 68.9 Å². The summed E-state index contributed by atoms with van der Waals surface area (Å²) in [6.45, 7) is 9.00. The van der Waals surface area contributed by atoms with Gasteiger partial charge < -0.3 is 0 Å². The van der Waals surface area contributed by atoms with Crippen molar-refractivity contribution in [1.82, 2.24) is 0 Å². The molecule has 0 aliphatic rings. The second-order valence-electron chi connectivity index (χ2n) is 8.29. The van der Waals surface area contributed by atoms with Crippen LogP contribution < -0.4 is 90.7 Å². The maximum atomic E-state index is 2.33. The van der Waals surface area contributed by atoms with Crippen LogP contribution >= 0.6 is 0 Å². The predicted octanol–water partition coefficient (Wildman–Crippen LogP) is 1.30. The Labute approximate surface area is 240 Å². The number of rotatable bonds is 4. The molecule has 0 radical (unpaired) electrons. The summed E-state index contributed by atoms with van der Waals surface area (Å²) in [5.74, 6) is 0. The third-order valence-corrected chi connectivity index (χ3v) is 6.62. The van der Waals surface area contributed by atoms with Crippen molar-refractivity contribution in [3.8, 4) is 0 Å². The van der Waals surface area contributed by atoms with E-state index in [-0.39, 0.29) is 68.9 Å². The average Bonchev–Trinajstić information content (AvgIpc) is 2.73. The summed E-state index contributed by atoms with van der Waals surface area (Å²) in [7, 11) is 0. The standard InChI is InChI=1S/C28H28B.Cs/c1-21-13-5-9-17-25(21)29(26-18-10-6-14-22(26)2,27-19-11-7-15-23(27)3)28-20-12-8-16-24(28)4;/h5-20H,1-4H3;/q-1;+1. The van der Waals surface area contributed by atoms with E-state index >= 15 is 0 Å². The van der Waals surface area contributed by atoms with E-state index in [1.807, 2.05) is 0 Å². The van der Waals surface area contributed by atoms with E-state index < -0.39 is 6.15 Å². The molecule has 2 heteroatoms. The fraction of sp³-hybridized carbons (Fsp3) is 0.143. The van der Waals surface area contributed by atoms with Crippen molar-refractivity contribution in [1.29, 1.82) is 0 Å². The van der Waals surface area contributed by atoms with Crippen LogP contribution in [0.15, 0.2) is 97.1 Å². The van der Waals surface area contributed by atoms with Crippen LogP contribution in [0.25, 0.3) is 0 Å². The molecular weight excluding hydrogens is 480 g/mol. The zero-order valence-corrected chi connectivity index (χ0v) is 25.1. The van der Waals surface area contributed by atoms with Crippen LogP contribution in [0.5, 0.6) is 0 Å². The molecule has 4 rings (SSSR count). The normalized spacial score (nSPS) is 11.1. The molecule has 0 aromatic heterocycles. The minimum atomic E-state index is -1.32. The number of hydrogen-bond acceptors (Lipinski definition) is 0. The van der Waals surface area contributed by atoms with Crippen LogP contribution in [0.1, 0.15) is 22.3 Å². The molecule has 0 saturated heterocycles. The largest absolute Gasteiger partial charge is 1.00 e. The average molecular weight is 508 g/mol. The van der Waals surface area contributed by atoms with Crippen molar-refractivity contribution in [2.24, 2.45) is 0 Å². The number of benzene rings is 4. The van der Waals surface area contributed by atoms with Gasteiger partial charge in [-0.25, -0.2) is 0 Å². The quantitative estimate of drug-likeness (QED) is 0.365. The molecule has 0 saturated carbocycles. The Morgan fingerprint density at radius 1 is 0.367 bits per heavy atom. The van der Waals surface area contributed by atoms with Crippen LogP contribution in [0, 0.1) is 27.7 Å². The summed E-state index contributed by atoms with van der Waals surface area (Å²) in [4.78, 5) is 0. The molecule has 0 heterocycles. The van der Waals surface area contributed by atoms with E-state index in [0.29, 0.717) is 0 Å². The minimum absolute atomic E-state index is 0. The van der Waals surface area contributed by atoms with Crippen molar-refractivity contribution >= 4 is 28.0 Å². The van der Waals surface area contributed by atoms with E-state index in [4.69, 9.17) is 0 Å². The second-order valence-corrected chi connectivity index (χ2v) is 8.29. The molecule has 4 aromatic rings. The Morgan fingerprint density at radius 2 is 0.567 bits per heavy atom. The molecule has 144 valence electrons. The number of hydrogen-bond donors (Lipinski definition) is 0. The molecule has 4 aromatic carbocycles. The van der Waals surface area contributed by atoms with E-state index in [2.05, 4.69) is 125 Å². The summed E-state index contributed by atoms with van der Waals surface area (Å²) in [5, 5.41) is 0. The van der Waals surface area contributed by atoms with Gasteiger partial charge in [0.2, 0.25) is 0 Å². The van der Waals surface area contributed by atoms with E-state index in [1.54, 1.807) is 0 Å². The Hall–Kier alpha value is -1.00. The maximum Gasteiger partial charge on any atom is 1.00 e. The zero-order chi connectivity index (χ0) is 20.4. The van der Waals surface area contributed by atoms with Crippen LogP contribution in [-0.4, -0.2) is 6.15 Å². The first-order valence-corrected chi connectivity index (χ1v) is 10.5. The van der Waals surface area contributed by atoms with Crippen LogP contribution in [0.3, 0.4) is 0 Å². The Kier molecular flexibility index (Phi) is 7.95. The summed E-state index contributed by atoms with van der Waals surface area (Å²) in [5.41, 5.74) is 11.0. The van der Waals surface area contributed by atoms with E-state index in [9.17, 15) is 0 Å². The molecule has 0 aliphatic carbocycles. The second kappa shape index (κ2) is 10.1. The van der Waals surface area contributed by atoms with Gasteiger partial charge in [-0.3, -0.25) is 0 Å². The third kappa shape index (κ3) is 4.06. The molecule has 0 aliphatic heterocycles. The fourth-order valence-corrected chi connectivity index (χ4v) is 5.30. The Morgan fingerprint density at radius 3 is 0.767 bits per heavy atom. The first kappa shape index (κ1) is 23.7. The molecule has 0 bridgehead atoms. The van der Waals surface area contributed by atoms with Gasteiger partial charge in [0, 0.05) is 0 Å². The first-order valence-electron chi connectivity index (χ1n) is 10.5. The SMILES string of the molecule is Cc1ccccc1[B-](c1ccccc1C)(c1ccccc1C)c1ccccc1C.[Cs+]. The Bertz CT molecular complexity index is 975. The van der Waals surface area contributed by atoms with Gasteiger partial charge in [-0.05, 0) is 27.7 Å². The maximum absolute atomic E-state index is 2.33. The molecule has 0 unspecified atom stereocenters. The molecule has 0 fully saturated rings. The zero-order valence-electron chi connectivity index (χ0n) is 18.8. The van der Waals surface area contributed by atoms with Gasteiger partial charge in [0.1, 0.15) is 6.15 Å². The summed E-state index contributed by atoms with van der Waals surface area (Å²) in [6, 6.07) is 35.7. The molecule has 0 amide bonds. The van der Waals surface area contributed by atoms with E-state index in [1.165, 1.54) is 44.1 Å². The molecule has 0 nitrogen and oxygen atoms in total. The smallest absolute Gasteiger partial charge is 0.192 e. The van der Waals surface area contributed by atoms with Gasteiger partial charge in [-0.1, -0.05) is 119 Å². The van der Waals surface area contributed by atoms with Gasteiger partial charge in [0.25, 0.3) is 0 Å². The van der Waals surface area contributed by atoms with Crippen LogP contribution in [0.4, 0.5) is 0 Å². The third-order valence-electron chi connectivity index (χ3n) is 6.62.